The first-order valence-corrected chi connectivity index (χ1v) is 6.20. The van der Waals surface area contributed by atoms with Crippen LogP contribution in [0.4, 0.5) is 5.69 Å². The fourth-order valence-electron chi connectivity index (χ4n) is 2.13. The van der Waals surface area contributed by atoms with Crippen LogP contribution in [0.2, 0.25) is 0 Å². The molecule has 0 bridgehead atoms. The van der Waals surface area contributed by atoms with Crippen LogP contribution in [0.3, 0.4) is 0 Å². The number of hydrogen-bond donors (Lipinski definition) is 1. The van der Waals surface area contributed by atoms with E-state index in [1.54, 1.807) is 19.1 Å². The van der Waals surface area contributed by atoms with Crippen LogP contribution in [0, 0.1) is 10.1 Å². The van der Waals surface area contributed by atoms with Crippen molar-refractivity contribution in [2.45, 2.75) is 6.92 Å². The summed E-state index contributed by atoms with van der Waals surface area (Å²) in [6, 6.07) is 4.67. The van der Waals surface area contributed by atoms with Crippen molar-refractivity contribution in [2.24, 2.45) is 0 Å². The van der Waals surface area contributed by atoms with Gasteiger partial charge < -0.3 is 9.72 Å². The van der Waals surface area contributed by atoms with Crippen molar-refractivity contribution in [1.29, 1.82) is 0 Å². The summed E-state index contributed by atoms with van der Waals surface area (Å²) < 4.78 is 4.85. The average molecular weight is 286 g/mol. The van der Waals surface area contributed by atoms with Gasteiger partial charge in [-0.2, -0.15) is 0 Å². The molecule has 0 saturated heterocycles. The van der Waals surface area contributed by atoms with Gasteiger partial charge in [-0.25, -0.2) is 14.8 Å². The molecule has 21 heavy (non-hydrogen) atoms. The quantitative estimate of drug-likeness (QED) is 0.449. The van der Waals surface area contributed by atoms with Gasteiger partial charge in [-0.15, -0.1) is 0 Å². The monoisotopic (exact) mass is 286 g/mol. The first-order valence-electron chi connectivity index (χ1n) is 6.20. The SMILES string of the molecule is CCOC(=O)c1ncc2[nH]c3c([N+](=O)[O-])cccc3c2n1. The number of nitrogens with one attached hydrogen (secondary N) is 1. The van der Waals surface area contributed by atoms with E-state index in [-0.39, 0.29) is 18.1 Å². The number of nitrogens with zero attached hydrogens (tertiary/aromatic N) is 3. The number of carbonyl (C=O) groups is 1. The maximum absolute atomic E-state index is 11.7. The third kappa shape index (κ3) is 2.06. The second kappa shape index (κ2) is 4.82. The summed E-state index contributed by atoms with van der Waals surface area (Å²) >= 11 is 0. The molecule has 8 heteroatoms. The second-order valence-corrected chi connectivity index (χ2v) is 4.26. The van der Waals surface area contributed by atoms with Crippen molar-refractivity contribution in [3.8, 4) is 0 Å². The van der Waals surface area contributed by atoms with Crippen molar-refractivity contribution in [2.75, 3.05) is 6.61 Å². The lowest BCUT2D eigenvalue weighted by Crippen LogP contribution is -2.09. The van der Waals surface area contributed by atoms with Crippen LogP contribution in [0.1, 0.15) is 17.5 Å². The van der Waals surface area contributed by atoms with Gasteiger partial charge in [-0.1, -0.05) is 12.1 Å². The van der Waals surface area contributed by atoms with Crippen molar-refractivity contribution in [3.05, 3.63) is 40.3 Å². The Bertz CT molecular complexity index is 871. The van der Waals surface area contributed by atoms with Crippen LogP contribution in [0.15, 0.2) is 24.4 Å². The van der Waals surface area contributed by atoms with E-state index in [2.05, 4.69) is 15.0 Å². The summed E-state index contributed by atoms with van der Waals surface area (Å²) in [7, 11) is 0. The third-order valence-electron chi connectivity index (χ3n) is 3.00. The molecular formula is C13H10N4O4. The molecule has 0 saturated carbocycles. The molecule has 0 aliphatic carbocycles. The molecule has 0 unspecified atom stereocenters. The molecule has 2 aromatic heterocycles. The van der Waals surface area contributed by atoms with Gasteiger partial charge in [-0.05, 0) is 6.92 Å². The fraction of sp³-hybridized carbons (Fsp3) is 0.154. The predicted molar refractivity (Wildman–Crippen MR) is 74.0 cm³/mol. The first-order chi connectivity index (χ1) is 10.1. The normalized spacial score (nSPS) is 10.9. The highest BCUT2D eigenvalue weighted by Gasteiger charge is 2.18. The number of nitro groups is 1. The van der Waals surface area contributed by atoms with Gasteiger partial charge in [0.1, 0.15) is 11.0 Å². The van der Waals surface area contributed by atoms with E-state index < -0.39 is 10.9 Å². The van der Waals surface area contributed by atoms with E-state index in [9.17, 15) is 14.9 Å². The molecule has 3 rings (SSSR count). The maximum atomic E-state index is 11.7. The molecule has 106 valence electrons. The number of ether oxygens (including phenoxy) is 1. The van der Waals surface area contributed by atoms with Gasteiger partial charge in [0.2, 0.25) is 5.82 Å². The zero-order valence-electron chi connectivity index (χ0n) is 11.0. The topological polar surface area (TPSA) is 111 Å². The first kappa shape index (κ1) is 13.0. The molecule has 0 aliphatic heterocycles. The number of nitro benzene ring substituents is 1. The maximum Gasteiger partial charge on any atom is 0.376 e. The minimum Gasteiger partial charge on any atom is -0.460 e. The molecular weight excluding hydrogens is 276 g/mol. The molecule has 2 heterocycles. The van der Waals surface area contributed by atoms with Crippen molar-refractivity contribution < 1.29 is 14.5 Å². The predicted octanol–water partition coefficient (Wildman–Crippen LogP) is 2.20. The fourth-order valence-corrected chi connectivity index (χ4v) is 2.13. The van der Waals surface area contributed by atoms with Gasteiger partial charge in [0.25, 0.3) is 5.69 Å². The Hall–Kier alpha value is -3.03. The molecule has 0 radical (unpaired) electrons. The second-order valence-electron chi connectivity index (χ2n) is 4.26. The molecule has 8 nitrogen and oxygen atoms in total. The molecule has 0 aliphatic rings. The molecule has 0 atom stereocenters. The Balaban J connectivity index is 2.26. The number of hydrogen-bond acceptors (Lipinski definition) is 6. The van der Waals surface area contributed by atoms with Gasteiger partial charge in [0.15, 0.2) is 0 Å². The number of aromatic amines is 1. The summed E-state index contributed by atoms with van der Waals surface area (Å²) in [5, 5.41) is 11.6. The average Bonchev–Trinajstić information content (AvgIpc) is 2.84. The number of rotatable bonds is 3. The van der Waals surface area contributed by atoms with E-state index in [0.29, 0.717) is 21.9 Å². The van der Waals surface area contributed by atoms with Gasteiger partial charge >= 0.3 is 5.97 Å². The summed E-state index contributed by atoms with van der Waals surface area (Å²) in [6.07, 6.45) is 1.41. The molecule has 1 aromatic carbocycles. The molecule has 3 aromatic rings. The number of H-pyrrole nitrogens is 1. The van der Waals surface area contributed by atoms with Crippen LogP contribution < -0.4 is 0 Å². The number of aromatic nitrogens is 3. The van der Waals surface area contributed by atoms with E-state index in [1.807, 2.05) is 0 Å². The molecule has 1 N–H and O–H groups in total. The third-order valence-corrected chi connectivity index (χ3v) is 3.00. The Morgan fingerprint density at radius 2 is 2.29 bits per heavy atom. The summed E-state index contributed by atoms with van der Waals surface area (Å²) in [5.41, 5.74) is 1.27. The number of benzene rings is 1. The summed E-state index contributed by atoms with van der Waals surface area (Å²) in [6.45, 7) is 1.91. The van der Waals surface area contributed by atoms with E-state index >= 15 is 0 Å². The Kier molecular flexibility index (Phi) is 2.98. The van der Waals surface area contributed by atoms with Crippen molar-refractivity contribution in [3.63, 3.8) is 0 Å². The standard InChI is InChI=1S/C13H10N4O4/c1-2-21-13(18)12-14-6-8-10(16-12)7-4-3-5-9(17(19)20)11(7)15-8/h3-6,15H,2H2,1H3. The van der Waals surface area contributed by atoms with Crippen LogP contribution in [0.5, 0.6) is 0 Å². The highest BCUT2D eigenvalue weighted by molar-refractivity contribution is 6.08. The van der Waals surface area contributed by atoms with Crippen molar-refractivity contribution >= 4 is 33.6 Å². The summed E-state index contributed by atoms with van der Waals surface area (Å²) in [5.74, 6) is -0.698. The van der Waals surface area contributed by atoms with Crippen LogP contribution in [0.25, 0.3) is 21.9 Å². The minimum absolute atomic E-state index is 0.0526. The number of carbonyl (C=O) groups excluding carboxylic acids is 1. The van der Waals surface area contributed by atoms with Gasteiger partial charge in [0, 0.05) is 11.5 Å². The minimum atomic E-state index is -0.626. The Labute approximate surface area is 117 Å². The number of para-hydroxylation sites is 1. The summed E-state index contributed by atoms with van der Waals surface area (Å²) in [4.78, 5) is 33.2. The lowest BCUT2D eigenvalue weighted by atomic mass is 10.2. The highest BCUT2D eigenvalue weighted by Crippen LogP contribution is 2.29. The number of fused-ring (bicyclic) bond motifs is 3. The van der Waals surface area contributed by atoms with E-state index in [1.165, 1.54) is 12.3 Å². The lowest BCUT2D eigenvalue weighted by Gasteiger charge is -1.99. The van der Waals surface area contributed by atoms with Crippen LogP contribution >= 0.6 is 0 Å². The van der Waals surface area contributed by atoms with Crippen molar-refractivity contribution in [1.82, 2.24) is 15.0 Å². The van der Waals surface area contributed by atoms with Gasteiger partial charge in [-0.3, -0.25) is 10.1 Å². The number of non-ortho nitro benzene ring substituents is 1. The van der Waals surface area contributed by atoms with E-state index in [4.69, 9.17) is 4.74 Å². The Morgan fingerprint density at radius 1 is 1.48 bits per heavy atom. The van der Waals surface area contributed by atoms with Crippen LogP contribution in [-0.2, 0) is 4.74 Å². The van der Waals surface area contributed by atoms with E-state index in [0.717, 1.165) is 0 Å². The lowest BCUT2D eigenvalue weighted by molar-refractivity contribution is -0.383. The number of esters is 1. The molecule has 0 fully saturated rings. The Morgan fingerprint density at radius 3 is 3.00 bits per heavy atom. The molecule has 0 spiro atoms. The smallest absolute Gasteiger partial charge is 0.376 e. The van der Waals surface area contributed by atoms with Crippen LogP contribution in [-0.4, -0.2) is 32.5 Å². The zero-order chi connectivity index (χ0) is 15.0. The van der Waals surface area contributed by atoms with Gasteiger partial charge in [0.05, 0.1) is 23.2 Å². The molecule has 0 amide bonds. The largest absolute Gasteiger partial charge is 0.460 e. The highest BCUT2D eigenvalue weighted by atomic mass is 16.6. The zero-order valence-corrected chi connectivity index (χ0v) is 11.0.